The number of nitrogens with one attached hydrogen (secondary N) is 1. The van der Waals surface area contributed by atoms with Crippen molar-refractivity contribution in [1.29, 1.82) is 0 Å². The van der Waals surface area contributed by atoms with Gasteiger partial charge in [0, 0.05) is 13.1 Å². The molecular formula is C24H29FN4O2S. The number of carbonyl (C=O) groups is 1. The maximum absolute atomic E-state index is 13.0. The molecule has 1 heterocycles. The summed E-state index contributed by atoms with van der Waals surface area (Å²) >= 11 is 1.37. The largest absolute Gasteiger partial charge is 0.486 e. The minimum absolute atomic E-state index is 0.111. The molecule has 3 aromatic rings. The van der Waals surface area contributed by atoms with Crippen LogP contribution in [0.1, 0.15) is 38.6 Å². The van der Waals surface area contributed by atoms with E-state index in [4.69, 9.17) is 4.74 Å². The third-order valence-electron chi connectivity index (χ3n) is 4.87. The molecule has 0 saturated heterocycles. The Morgan fingerprint density at radius 2 is 1.81 bits per heavy atom. The Hall–Kier alpha value is -2.87. The minimum Gasteiger partial charge on any atom is -0.486 e. The van der Waals surface area contributed by atoms with Crippen LogP contribution in [0.5, 0.6) is 5.75 Å². The first-order chi connectivity index (χ1) is 15.4. The predicted molar refractivity (Wildman–Crippen MR) is 124 cm³/mol. The van der Waals surface area contributed by atoms with Gasteiger partial charge in [0.1, 0.15) is 18.2 Å². The summed E-state index contributed by atoms with van der Waals surface area (Å²) in [6.07, 6.45) is 0.967. The molecule has 1 unspecified atom stereocenters. The quantitative estimate of drug-likeness (QED) is 0.418. The number of aromatic nitrogens is 3. The molecule has 0 aliphatic rings. The normalized spacial score (nSPS) is 12.0. The number of rotatable bonds is 11. The summed E-state index contributed by atoms with van der Waals surface area (Å²) in [4.78, 5) is 12.6. The van der Waals surface area contributed by atoms with E-state index in [0.717, 1.165) is 30.1 Å². The highest BCUT2D eigenvalue weighted by atomic mass is 32.2. The van der Waals surface area contributed by atoms with Crippen LogP contribution < -0.4 is 10.1 Å². The van der Waals surface area contributed by atoms with E-state index in [2.05, 4.69) is 29.4 Å². The van der Waals surface area contributed by atoms with Gasteiger partial charge in [-0.05, 0) is 49.1 Å². The monoisotopic (exact) mass is 456 g/mol. The van der Waals surface area contributed by atoms with Crippen LogP contribution in [-0.2, 0) is 24.5 Å². The van der Waals surface area contributed by atoms with Crippen LogP contribution in [-0.4, -0.2) is 25.9 Å². The molecular weight excluding hydrogens is 427 g/mol. The van der Waals surface area contributed by atoms with Crippen molar-refractivity contribution >= 4 is 17.7 Å². The summed E-state index contributed by atoms with van der Waals surface area (Å²) in [6.45, 7) is 7.59. The van der Waals surface area contributed by atoms with E-state index in [1.165, 1.54) is 23.9 Å². The van der Waals surface area contributed by atoms with Crippen molar-refractivity contribution in [3.8, 4) is 5.75 Å². The Morgan fingerprint density at radius 3 is 2.50 bits per heavy atom. The van der Waals surface area contributed by atoms with Crippen molar-refractivity contribution in [3.63, 3.8) is 0 Å². The molecule has 0 radical (unpaired) electrons. The fraction of sp³-hybridized carbons (Fsp3) is 0.375. The fourth-order valence-corrected chi connectivity index (χ4v) is 3.85. The van der Waals surface area contributed by atoms with Gasteiger partial charge < -0.3 is 14.6 Å². The second kappa shape index (κ2) is 11.7. The second-order valence-corrected chi connectivity index (χ2v) is 9.25. The van der Waals surface area contributed by atoms with Crippen LogP contribution >= 0.6 is 11.8 Å². The van der Waals surface area contributed by atoms with Crippen LogP contribution in [0.15, 0.2) is 59.8 Å². The molecule has 170 valence electrons. The molecule has 1 amide bonds. The van der Waals surface area contributed by atoms with Crippen LogP contribution in [0.2, 0.25) is 0 Å². The number of halogens is 1. The van der Waals surface area contributed by atoms with Gasteiger partial charge in [0.15, 0.2) is 11.0 Å². The maximum Gasteiger partial charge on any atom is 0.233 e. The van der Waals surface area contributed by atoms with E-state index in [-0.39, 0.29) is 17.0 Å². The summed E-state index contributed by atoms with van der Waals surface area (Å²) in [5, 5.41) is 11.9. The molecule has 32 heavy (non-hydrogen) atoms. The Morgan fingerprint density at radius 1 is 1.09 bits per heavy atom. The van der Waals surface area contributed by atoms with Crippen LogP contribution in [0.4, 0.5) is 4.39 Å². The molecule has 1 atom stereocenters. The summed E-state index contributed by atoms with van der Waals surface area (Å²) in [5.41, 5.74) is 0.845. The second-order valence-electron chi connectivity index (χ2n) is 7.94. The highest BCUT2D eigenvalue weighted by Crippen LogP contribution is 2.24. The topological polar surface area (TPSA) is 69.0 Å². The lowest BCUT2D eigenvalue weighted by Crippen LogP contribution is -2.30. The zero-order valence-corrected chi connectivity index (χ0v) is 19.4. The summed E-state index contributed by atoms with van der Waals surface area (Å²) in [6, 6.07) is 15.7. The molecule has 8 heteroatoms. The molecule has 1 N–H and O–H groups in total. The Bertz CT molecular complexity index is 993. The predicted octanol–water partition coefficient (Wildman–Crippen LogP) is 4.84. The molecule has 1 aromatic heterocycles. The van der Waals surface area contributed by atoms with E-state index >= 15 is 0 Å². The number of ether oxygens (including phenoxy) is 1. The van der Waals surface area contributed by atoms with Gasteiger partial charge in [-0.2, -0.15) is 0 Å². The van der Waals surface area contributed by atoms with Gasteiger partial charge in [0.05, 0.1) is 5.25 Å². The molecule has 0 saturated carbocycles. The Balaban J connectivity index is 1.63. The highest BCUT2D eigenvalue weighted by molar-refractivity contribution is 8.00. The zero-order chi connectivity index (χ0) is 22.9. The third kappa shape index (κ3) is 7.09. The average molecular weight is 457 g/mol. The Labute approximate surface area is 192 Å². The van der Waals surface area contributed by atoms with Crippen molar-refractivity contribution in [2.24, 2.45) is 5.92 Å². The van der Waals surface area contributed by atoms with Gasteiger partial charge in [-0.1, -0.05) is 55.9 Å². The first-order valence-corrected chi connectivity index (χ1v) is 11.6. The standard InChI is InChI=1S/C24H29FN4O2S/c1-17(2)13-14-29-22(16-31-21-7-5-4-6-8-21)27-28-24(29)32-18(3)23(30)26-15-19-9-11-20(25)12-10-19/h4-12,17-18H,13-16H2,1-3H3,(H,26,30). The van der Waals surface area contributed by atoms with E-state index in [9.17, 15) is 9.18 Å². The van der Waals surface area contributed by atoms with Crippen molar-refractivity contribution in [2.75, 3.05) is 0 Å². The molecule has 6 nitrogen and oxygen atoms in total. The number of hydrogen-bond donors (Lipinski definition) is 1. The van der Waals surface area contributed by atoms with Gasteiger partial charge in [-0.3, -0.25) is 4.79 Å². The number of thioether (sulfide) groups is 1. The lowest BCUT2D eigenvalue weighted by Gasteiger charge is -2.15. The molecule has 0 aliphatic heterocycles. The average Bonchev–Trinajstić information content (AvgIpc) is 3.17. The van der Waals surface area contributed by atoms with Gasteiger partial charge in [0.25, 0.3) is 0 Å². The van der Waals surface area contributed by atoms with Crippen molar-refractivity contribution in [2.45, 2.75) is 57.3 Å². The van der Waals surface area contributed by atoms with Crippen LogP contribution in [0.3, 0.4) is 0 Å². The van der Waals surface area contributed by atoms with Crippen molar-refractivity contribution in [1.82, 2.24) is 20.1 Å². The number of hydrogen-bond acceptors (Lipinski definition) is 5. The maximum atomic E-state index is 13.0. The number of benzene rings is 2. The lowest BCUT2D eigenvalue weighted by atomic mass is 10.1. The highest BCUT2D eigenvalue weighted by Gasteiger charge is 2.20. The molecule has 0 aliphatic carbocycles. The van der Waals surface area contributed by atoms with Crippen LogP contribution in [0, 0.1) is 11.7 Å². The van der Waals surface area contributed by atoms with E-state index in [0.29, 0.717) is 24.2 Å². The van der Waals surface area contributed by atoms with Gasteiger partial charge >= 0.3 is 0 Å². The summed E-state index contributed by atoms with van der Waals surface area (Å²) in [7, 11) is 0. The molecule has 3 rings (SSSR count). The van der Waals surface area contributed by atoms with Crippen LogP contribution in [0.25, 0.3) is 0 Å². The number of nitrogens with zero attached hydrogens (tertiary/aromatic N) is 3. The van der Waals surface area contributed by atoms with Crippen molar-refractivity contribution < 1.29 is 13.9 Å². The van der Waals surface area contributed by atoms with Crippen molar-refractivity contribution in [3.05, 3.63) is 71.8 Å². The lowest BCUT2D eigenvalue weighted by molar-refractivity contribution is -0.120. The first kappa shape index (κ1) is 23.8. The Kier molecular flexibility index (Phi) is 8.67. The molecule has 0 spiro atoms. The number of carbonyl (C=O) groups excluding carboxylic acids is 1. The molecule has 2 aromatic carbocycles. The van der Waals surface area contributed by atoms with E-state index in [1.54, 1.807) is 12.1 Å². The van der Waals surface area contributed by atoms with E-state index in [1.807, 2.05) is 41.8 Å². The van der Waals surface area contributed by atoms with E-state index < -0.39 is 0 Å². The first-order valence-electron chi connectivity index (χ1n) is 10.7. The number of amides is 1. The van der Waals surface area contributed by atoms with Gasteiger partial charge in [0.2, 0.25) is 5.91 Å². The number of para-hydroxylation sites is 1. The zero-order valence-electron chi connectivity index (χ0n) is 18.6. The third-order valence-corrected chi connectivity index (χ3v) is 5.95. The molecule has 0 bridgehead atoms. The summed E-state index contributed by atoms with van der Waals surface area (Å²) in [5.74, 6) is 1.62. The minimum atomic E-state index is -0.361. The smallest absolute Gasteiger partial charge is 0.233 e. The molecule has 0 fully saturated rings. The van der Waals surface area contributed by atoms with Gasteiger partial charge in [-0.25, -0.2) is 4.39 Å². The fourth-order valence-electron chi connectivity index (χ4n) is 2.94. The van der Waals surface area contributed by atoms with Gasteiger partial charge in [-0.15, -0.1) is 10.2 Å². The SMILES string of the molecule is CC(C)CCn1c(COc2ccccc2)nnc1SC(C)C(=O)NCc1ccc(F)cc1. The summed E-state index contributed by atoms with van der Waals surface area (Å²) < 4.78 is 20.9.